The zero-order chi connectivity index (χ0) is 20.5. The lowest BCUT2D eigenvalue weighted by Crippen LogP contribution is -2.20. The third-order valence-electron chi connectivity index (χ3n) is 4.41. The van der Waals surface area contributed by atoms with Crippen LogP contribution in [0.4, 0.5) is 5.82 Å². The summed E-state index contributed by atoms with van der Waals surface area (Å²) < 4.78 is 2.33. The van der Waals surface area contributed by atoms with Crippen LogP contribution in [-0.4, -0.2) is 25.7 Å². The van der Waals surface area contributed by atoms with Crippen LogP contribution in [0, 0.1) is 13.8 Å². The van der Waals surface area contributed by atoms with Crippen molar-refractivity contribution in [1.82, 2.24) is 19.7 Å². The van der Waals surface area contributed by atoms with Gasteiger partial charge in [-0.2, -0.15) is 9.78 Å². The number of hydrogen-bond donors (Lipinski definition) is 2. The van der Waals surface area contributed by atoms with Crippen LogP contribution < -0.4 is 10.9 Å². The van der Waals surface area contributed by atoms with Crippen molar-refractivity contribution in [2.24, 2.45) is 0 Å². The number of benzene rings is 1. The molecule has 0 fully saturated rings. The van der Waals surface area contributed by atoms with Gasteiger partial charge < -0.3 is 5.32 Å². The second-order valence-electron chi connectivity index (χ2n) is 6.36. The number of aromatic nitrogens is 4. The Kier molecular flexibility index (Phi) is 5.16. The van der Waals surface area contributed by atoms with Crippen molar-refractivity contribution in [1.29, 1.82) is 0 Å². The first-order chi connectivity index (χ1) is 13.9. The van der Waals surface area contributed by atoms with Gasteiger partial charge in [0.05, 0.1) is 4.88 Å². The van der Waals surface area contributed by atoms with Gasteiger partial charge >= 0.3 is 0 Å². The predicted molar refractivity (Wildman–Crippen MR) is 117 cm³/mol. The molecule has 1 amide bonds. The van der Waals surface area contributed by atoms with Crippen molar-refractivity contribution in [3.8, 4) is 16.5 Å². The van der Waals surface area contributed by atoms with Gasteiger partial charge in [0.2, 0.25) is 5.95 Å². The van der Waals surface area contributed by atoms with Gasteiger partial charge in [-0.25, -0.2) is 4.98 Å². The van der Waals surface area contributed by atoms with E-state index in [2.05, 4.69) is 36.3 Å². The standard InChI is InChI=1S/C20H16BrN5O2S/c1-11-12(2)22-20(24-18(11)27)26-17(10-15(25-26)16-4-3-9-29-16)23-19(28)13-5-7-14(21)8-6-13/h3-10H,1-2H3,(H,23,28)(H,22,24,27). The summed E-state index contributed by atoms with van der Waals surface area (Å²) in [6, 6.07) is 12.7. The maximum Gasteiger partial charge on any atom is 0.256 e. The Morgan fingerprint density at radius 3 is 2.62 bits per heavy atom. The summed E-state index contributed by atoms with van der Waals surface area (Å²) in [6.07, 6.45) is 0. The molecule has 3 heterocycles. The molecule has 2 N–H and O–H groups in total. The predicted octanol–water partition coefficient (Wildman–Crippen LogP) is 4.32. The van der Waals surface area contributed by atoms with Crippen LogP contribution in [0.25, 0.3) is 16.5 Å². The molecule has 0 saturated heterocycles. The van der Waals surface area contributed by atoms with Crippen LogP contribution in [0.1, 0.15) is 21.6 Å². The molecule has 29 heavy (non-hydrogen) atoms. The SMILES string of the molecule is Cc1nc(-n2nc(-c3cccs3)cc2NC(=O)c2ccc(Br)cc2)[nH]c(=O)c1C. The Morgan fingerprint density at radius 1 is 1.21 bits per heavy atom. The molecular formula is C20H16BrN5O2S. The molecule has 1 aromatic carbocycles. The summed E-state index contributed by atoms with van der Waals surface area (Å²) in [6.45, 7) is 3.47. The minimum absolute atomic E-state index is 0.243. The molecule has 0 saturated carbocycles. The Hall–Kier alpha value is -3.04. The summed E-state index contributed by atoms with van der Waals surface area (Å²) in [5.74, 6) is 0.363. The summed E-state index contributed by atoms with van der Waals surface area (Å²) in [5.41, 5.74) is 2.07. The summed E-state index contributed by atoms with van der Waals surface area (Å²) >= 11 is 4.89. The number of carbonyl (C=O) groups excluding carboxylic acids is 1. The van der Waals surface area contributed by atoms with E-state index in [1.807, 2.05) is 17.5 Å². The molecule has 7 nitrogen and oxygen atoms in total. The van der Waals surface area contributed by atoms with Crippen molar-refractivity contribution in [3.63, 3.8) is 0 Å². The van der Waals surface area contributed by atoms with E-state index in [1.54, 1.807) is 44.2 Å². The average Bonchev–Trinajstić information content (AvgIpc) is 3.36. The third-order valence-corrected chi connectivity index (χ3v) is 5.83. The van der Waals surface area contributed by atoms with Crippen LogP contribution in [0.5, 0.6) is 0 Å². The average molecular weight is 470 g/mol. The highest BCUT2D eigenvalue weighted by Gasteiger charge is 2.17. The van der Waals surface area contributed by atoms with Gasteiger partial charge in [-0.3, -0.25) is 14.6 Å². The zero-order valence-electron chi connectivity index (χ0n) is 15.6. The molecule has 0 spiro atoms. The van der Waals surface area contributed by atoms with Crippen LogP contribution in [0.3, 0.4) is 0 Å². The normalized spacial score (nSPS) is 10.9. The van der Waals surface area contributed by atoms with Crippen molar-refractivity contribution in [3.05, 3.63) is 79.5 Å². The molecule has 146 valence electrons. The first-order valence-electron chi connectivity index (χ1n) is 8.71. The van der Waals surface area contributed by atoms with E-state index in [-0.39, 0.29) is 17.4 Å². The van der Waals surface area contributed by atoms with Crippen LogP contribution in [0.15, 0.2) is 57.1 Å². The fourth-order valence-electron chi connectivity index (χ4n) is 2.70. The molecule has 3 aromatic heterocycles. The second-order valence-corrected chi connectivity index (χ2v) is 8.23. The van der Waals surface area contributed by atoms with Gasteiger partial charge in [-0.15, -0.1) is 11.3 Å². The lowest BCUT2D eigenvalue weighted by atomic mass is 10.2. The number of aryl methyl sites for hydroxylation is 1. The van der Waals surface area contributed by atoms with E-state index in [0.29, 0.717) is 28.3 Å². The Balaban J connectivity index is 1.78. The number of H-pyrrole nitrogens is 1. The minimum Gasteiger partial charge on any atom is -0.306 e. The lowest BCUT2D eigenvalue weighted by Gasteiger charge is -2.09. The number of hydrogen-bond acceptors (Lipinski definition) is 5. The number of carbonyl (C=O) groups is 1. The van der Waals surface area contributed by atoms with E-state index >= 15 is 0 Å². The van der Waals surface area contributed by atoms with Crippen LogP contribution in [-0.2, 0) is 0 Å². The Bertz CT molecular complexity index is 1240. The summed E-state index contributed by atoms with van der Waals surface area (Å²) in [5, 5.41) is 9.39. The smallest absolute Gasteiger partial charge is 0.256 e. The maximum atomic E-state index is 12.7. The van der Waals surface area contributed by atoms with E-state index in [1.165, 1.54) is 16.0 Å². The zero-order valence-corrected chi connectivity index (χ0v) is 18.0. The highest BCUT2D eigenvalue weighted by molar-refractivity contribution is 9.10. The molecule has 0 bridgehead atoms. The number of anilines is 1. The molecular weight excluding hydrogens is 454 g/mol. The van der Waals surface area contributed by atoms with E-state index in [9.17, 15) is 9.59 Å². The van der Waals surface area contributed by atoms with Crippen LogP contribution >= 0.6 is 27.3 Å². The van der Waals surface area contributed by atoms with Gasteiger partial charge in [-0.05, 0) is 49.6 Å². The Labute approximate surface area is 178 Å². The molecule has 9 heteroatoms. The van der Waals surface area contributed by atoms with Crippen molar-refractivity contribution < 1.29 is 4.79 Å². The molecule has 0 atom stereocenters. The molecule has 0 aliphatic rings. The number of nitrogens with one attached hydrogen (secondary N) is 2. The number of amides is 1. The van der Waals surface area contributed by atoms with Gasteiger partial charge in [-0.1, -0.05) is 22.0 Å². The lowest BCUT2D eigenvalue weighted by molar-refractivity contribution is 0.102. The number of nitrogens with zero attached hydrogens (tertiary/aromatic N) is 3. The molecule has 0 unspecified atom stereocenters. The topological polar surface area (TPSA) is 92.7 Å². The highest BCUT2D eigenvalue weighted by Crippen LogP contribution is 2.27. The molecule has 0 aliphatic carbocycles. The molecule has 0 aliphatic heterocycles. The van der Waals surface area contributed by atoms with E-state index in [4.69, 9.17) is 0 Å². The number of thiophene rings is 1. The van der Waals surface area contributed by atoms with Crippen molar-refractivity contribution in [2.45, 2.75) is 13.8 Å². The number of aromatic amines is 1. The first kappa shape index (κ1) is 19.3. The fourth-order valence-corrected chi connectivity index (χ4v) is 3.64. The Morgan fingerprint density at radius 2 is 1.97 bits per heavy atom. The van der Waals surface area contributed by atoms with E-state index in [0.717, 1.165) is 9.35 Å². The van der Waals surface area contributed by atoms with Crippen molar-refractivity contribution in [2.75, 3.05) is 5.32 Å². The van der Waals surface area contributed by atoms with Gasteiger partial charge in [0.15, 0.2) is 0 Å². The largest absolute Gasteiger partial charge is 0.306 e. The van der Waals surface area contributed by atoms with Crippen molar-refractivity contribution >= 4 is 39.0 Å². The summed E-state index contributed by atoms with van der Waals surface area (Å²) in [4.78, 5) is 33.1. The number of rotatable bonds is 4. The van der Waals surface area contributed by atoms with E-state index < -0.39 is 0 Å². The van der Waals surface area contributed by atoms with Gasteiger partial charge in [0, 0.05) is 27.4 Å². The first-order valence-corrected chi connectivity index (χ1v) is 10.4. The number of halogens is 1. The maximum absolute atomic E-state index is 12.7. The third kappa shape index (κ3) is 3.92. The minimum atomic E-state index is -0.289. The van der Waals surface area contributed by atoms with Gasteiger partial charge in [0.1, 0.15) is 11.5 Å². The fraction of sp³-hybridized carbons (Fsp3) is 0.100. The highest BCUT2D eigenvalue weighted by atomic mass is 79.9. The molecule has 0 radical (unpaired) electrons. The second kappa shape index (κ2) is 7.76. The van der Waals surface area contributed by atoms with Crippen LogP contribution in [0.2, 0.25) is 0 Å². The molecule has 4 rings (SSSR count). The quantitative estimate of drug-likeness (QED) is 0.465. The summed E-state index contributed by atoms with van der Waals surface area (Å²) in [7, 11) is 0. The monoisotopic (exact) mass is 469 g/mol. The van der Waals surface area contributed by atoms with Gasteiger partial charge in [0.25, 0.3) is 11.5 Å². The molecule has 4 aromatic rings.